The Balaban J connectivity index is 1.83. The van der Waals surface area contributed by atoms with Crippen LogP contribution in [-0.4, -0.2) is 21.1 Å². The number of aliphatic hydroxyl groups excluding tert-OH is 1. The van der Waals surface area contributed by atoms with Crippen LogP contribution in [0.15, 0.2) is 59.4 Å². The molecule has 0 unspecified atom stereocenters. The first-order valence-corrected chi connectivity index (χ1v) is 7.56. The molecular formula is C18H19N3O2. The van der Waals surface area contributed by atoms with Crippen LogP contribution in [0.1, 0.15) is 23.0 Å². The lowest BCUT2D eigenvalue weighted by Gasteiger charge is -2.16. The number of benzene rings is 1. The molecule has 5 nitrogen and oxygen atoms in total. The molecule has 0 aliphatic carbocycles. The fourth-order valence-electron chi connectivity index (χ4n) is 2.66. The Hall–Kier alpha value is -2.50. The van der Waals surface area contributed by atoms with Crippen molar-refractivity contribution in [2.75, 3.05) is 6.61 Å². The topological polar surface area (TPSA) is 66.6 Å². The minimum atomic E-state index is -0.186. The Morgan fingerprint density at radius 2 is 1.96 bits per heavy atom. The van der Waals surface area contributed by atoms with Crippen molar-refractivity contribution in [3.8, 4) is 0 Å². The molecule has 0 amide bonds. The third-order valence-corrected chi connectivity index (χ3v) is 3.85. The van der Waals surface area contributed by atoms with Crippen LogP contribution in [0.4, 0.5) is 0 Å². The number of rotatable bonds is 5. The second-order valence-corrected chi connectivity index (χ2v) is 5.47. The molecule has 0 bridgehead atoms. The smallest absolute Gasteiger partial charge is 0.258 e. The SMILES string of the molecule is Cc1cccc2nc(CN[C@H](CO)c3ccccc3)cc(=O)n12. The van der Waals surface area contributed by atoms with Gasteiger partial charge in [-0.05, 0) is 24.6 Å². The van der Waals surface area contributed by atoms with E-state index in [0.717, 1.165) is 11.3 Å². The van der Waals surface area contributed by atoms with Gasteiger partial charge in [0.1, 0.15) is 5.65 Å². The third-order valence-electron chi connectivity index (χ3n) is 3.85. The highest BCUT2D eigenvalue weighted by molar-refractivity contribution is 5.40. The number of aliphatic hydroxyl groups is 1. The van der Waals surface area contributed by atoms with Gasteiger partial charge in [-0.1, -0.05) is 36.4 Å². The van der Waals surface area contributed by atoms with Gasteiger partial charge in [0.25, 0.3) is 5.56 Å². The van der Waals surface area contributed by atoms with E-state index < -0.39 is 0 Å². The summed E-state index contributed by atoms with van der Waals surface area (Å²) in [5.74, 6) is 0. The summed E-state index contributed by atoms with van der Waals surface area (Å²) in [6, 6.07) is 16.7. The zero-order valence-electron chi connectivity index (χ0n) is 12.9. The molecule has 2 N–H and O–H groups in total. The fraction of sp³-hybridized carbons (Fsp3) is 0.222. The minimum absolute atomic E-state index is 0.0182. The lowest BCUT2D eigenvalue weighted by Crippen LogP contribution is -2.26. The van der Waals surface area contributed by atoms with Crippen LogP contribution in [0.5, 0.6) is 0 Å². The Morgan fingerprint density at radius 3 is 2.70 bits per heavy atom. The van der Waals surface area contributed by atoms with Crippen molar-refractivity contribution in [3.63, 3.8) is 0 Å². The Labute approximate surface area is 134 Å². The number of hydrogen-bond donors (Lipinski definition) is 2. The Kier molecular flexibility index (Phi) is 4.50. The largest absolute Gasteiger partial charge is 0.394 e. The maximum absolute atomic E-state index is 12.3. The average molecular weight is 309 g/mol. The second kappa shape index (κ2) is 6.73. The molecule has 0 saturated carbocycles. The van der Waals surface area contributed by atoms with Crippen molar-refractivity contribution in [2.45, 2.75) is 19.5 Å². The summed E-state index contributed by atoms with van der Waals surface area (Å²) in [4.78, 5) is 16.8. The zero-order chi connectivity index (χ0) is 16.2. The van der Waals surface area contributed by atoms with Gasteiger partial charge in [-0.2, -0.15) is 0 Å². The summed E-state index contributed by atoms with van der Waals surface area (Å²) in [5, 5.41) is 12.8. The first kappa shape index (κ1) is 15.4. The molecule has 0 saturated heterocycles. The van der Waals surface area contributed by atoms with E-state index in [1.807, 2.05) is 55.5 Å². The van der Waals surface area contributed by atoms with Gasteiger partial charge < -0.3 is 10.4 Å². The van der Waals surface area contributed by atoms with Crippen LogP contribution in [0.2, 0.25) is 0 Å². The molecule has 0 radical (unpaired) electrons. The van der Waals surface area contributed by atoms with Crippen molar-refractivity contribution in [3.05, 3.63) is 81.9 Å². The van der Waals surface area contributed by atoms with E-state index in [0.29, 0.717) is 17.9 Å². The van der Waals surface area contributed by atoms with E-state index in [-0.39, 0.29) is 18.2 Å². The van der Waals surface area contributed by atoms with Crippen molar-refractivity contribution >= 4 is 5.65 Å². The summed E-state index contributed by atoms with van der Waals surface area (Å²) in [5.41, 5.74) is 3.06. The van der Waals surface area contributed by atoms with Crippen molar-refractivity contribution in [2.24, 2.45) is 0 Å². The maximum atomic E-state index is 12.3. The van der Waals surface area contributed by atoms with Crippen LogP contribution in [0.3, 0.4) is 0 Å². The highest BCUT2D eigenvalue weighted by atomic mass is 16.3. The molecule has 2 aromatic heterocycles. The summed E-state index contributed by atoms with van der Waals surface area (Å²) in [6.07, 6.45) is 0. The summed E-state index contributed by atoms with van der Waals surface area (Å²) in [7, 11) is 0. The summed E-state index contributed by atoms with van der Waals surface area (Å²) >= 11 is 0. The molecule has 3 aromatic rings. The minimum Gasteiger partial charge on any atom is -0.394 e. The number of fused-ring (bicyclic) bond motifs is 1. The normalized spacial score (nSPS) is 12.4. The molecule has 0 fully saturated rings. The predicted octanol–water partition coefficient (Wildman–Crippen LogP) is 1.83. The monoisotopic (exact) mass is 309 g/mol. The van der Waals surface area contributed by atoms with E-state index in [9.17, 15) is 9.90 Å². The maximum Gasteiger partial charge on any atom is 0.258 e. The lowest BCUT2D eigenvalue weighted by molar-refractivity contribution is 0.243. The average Bonchev–Trinajstić information content (AvgIpc) is 2.56. The molecule has 3 rings (SSSR count). The van der Waals surface area contributed by atoms with Gasteiger partial charge in [0.05, 0.1) is 18.3 Å². The van der Waals surface area contributed by atoms with Crippen LogP contribution in [-0.2, 0) is 6.54 Å². The van der Waals surface area contributed by atoms with Crippen LogP contribution < -0.4 is 10.9 Å². The molecule has 0 aliphatic heterocycles. The van der Waals surface area contributed by atoms with Gasteiger partial charge in [0.2, 0.25) is 0 Å². The van der Waals surface area contributed by atoms with Crippen LogP contribution in [0.25, 0.3) is 5.65 Å². The van der Waals surface area contributed by atoms with E-state index >= 15 is 0 Å². The second-order valence-electron chi connectivity index (χ2n) is 5.47. The molecule has 23 heavy (non-hydrogen) atoms. The van der Waals surface area contributed by atoms with E-state index in [1.165, 1.54) is 6.07 Å². The van der Waals surface area contributed by atoms with Gasteiger partial charge in [-0.15, -0.1) is 0 Å². The van der Waals surface area contributed by atoms with E-state index in [4.69, 9.17) is 0 Å². The number of nitrogens with zero attached hydrogens (tertiary/aromatic N) is 2. The first-order chi connectivity index (χ1) is 11.2. The van der Waals surface area contributed by atoms with Gasteiger partial charge in [0, 0.05) is 18.3 Å². The molecule has 118 valence electrons. The Morgan fingerprint density at radius 1 is 1.17 bits per heavy atom. The summed E-state index contributed by atoms with van der Waals surface area (Å²) in [6.45, 7) is 2.28. The number of aryl methyl sites for hydroxylation is 1. The molecule has 0 aliphatic rings. The molecule has 5 heteroatoms. The van der Waals surface area contributed by atoms with Crippen LogP contribution in [0, 0.1) is 6.92 Å². The number of pyridine rings is 1. The summed E-state index contributed by atoms with van der Waals surface area (Å²) < 4.78 is 1.59. The van der Waals surface area contributed by atoms with Gasteiger partial charge in [-0.25, -0.2) is 4.98 Å². The van der Waals surface area contributed by atoms with Crippen LogP contribution >= 0.6 is 0 Å². The number of nitrogens with one attached hydrogen (secondary N) is 1. The molecular weight excluding hydrogens is 290 g/mol. The number of hydrogen-bond acceptors (Lipinski definition) is 4. The molecule has 1 aromatic carbocycles. The highest BCUT2D eigenvalue weighted by Gasteiger charge is 2.10. The Bertz CT molecular complexity index is 859. The van der Waals surface area contributed by atoms with Crippen molar-refractivity contribution in [1.29, 1.82) is 0 Å². The van der Waals surface area contributed by atoms with E-state index in [2.05, 4.69) is 10.3 Å². The van der Waals surface area contributed by atoms with Crippen molar-refractivity contribution in [1.82, 2.24) is 14.7 Å². The molecule has 2 heterocycles. The van der Waals surface area contributed by atoms with Gasteiger partial charge in [-0.3, -0.25) is 9.20 Å². The zero-order valence-corrected chi connectivity index (χ0v) is 12.9. The molecule has 1 atom stereocenters. The number of aromatic nitrogens is 2. The van der Waals surface area contributed by atoms with E-state index in [1.54, 1.807) is 4.40 Å². The third kappa shape index (κ3) is 3.31. The fourth-order valence-corrected chi connectivity index (χ4v) is 2.66. The van der Waals surface area contributed by atoms with Crippen molar-refractivity contribution < 1.29 is 5.11 Å². The van der Waals surface area contributed by atoms with Gasteiger partial charge >= 0.3 is 0 Å². The standard InChI is InChI=1S/C18H19N3O2/c1-13-6-5-9-17-20-15(10-18(23)21(13)17)11-19-16(12-22)14-7-3-2-4-8-14/h2-10,16,19,22H,11-12H2,1H3/t16-/m1/s1. The predicted molar refractivity (Wildman–Crippen MR) is 89.3 cm³/mol. The molecule has 0 spiro atoms. The van der Waals surface area contributed by atoms with Gasteiger partial charge in [0.15, 0.2) is 0 Å². The lowest BCUT2D eigenvalue weighted by atomic mass is 10.1. The first-order valence-electron chi connectivity index (χ1n) is 7.56. The highest BCUT2D eigenvalue weighted by Crippen LogP contribution is 2.12. The quantitative estimate of drug-likeness (QED) is 0.754.